The van der Waals surface area contributed by atoms with E-state index in [4.69, 9.17) is 5.73 Å². The van der Waals surface area contributed by atoms with E-state index >= 15 is 0 Å². The fourth-order valence-corrected chi connectivity index (χ4v) is 2.71. The summed E-state index contributed by atoms with van der Waals surface area (Å²) in [5, 5.41) is 6.66. The number of thioether (sulfide) groups is 1. The maximum Gasteiger partial charge on any atom is 0.257 e. The molecule has 0 bridgehead atoms. The van der Waals surface area contributed by atoms with Crippen LogP contribution >= 0.6 is 11.8 Å². The monoisotopic (exact) mass is 312 g/mol. The van der Waals surface area contributed by atoms with Gasteiger partial charge in [0.2, 0.25) is 0 Å². The molecule has 6 heteroatoms. The number of amidine groups is 1. The molecule has 1 aliphatic heterocycles. The molecule has 0 atom stereocenters. The molecule has 1 aliphatic rings. The quantitative estimate of drug-likeness (QED) is 0.583. The molecule has 0 aliphatic carbocycles. The highest BCUT2D eigenvalue weighted by molar-refractivity contribution is 8.13. The number of fused-ring (bicyclic) bond motifs is 2. The average Bonchev–Trinajstić information content (AvgIpc) is 2.64. The largest absolute Gasteiger partial charge is 0.378 e. The lowest BCUT2D eigenvalue weighted by Gasteiger charge is -2.08. The van der Waals surface area contributed by atoms with Gasteiger partial charge in [0, 0.05) is 0 Å². The van der Waals surface area contributed by atoms with Crippen molar-refractivity contribution in [2.45, 2.75) is 6.92 Å². The number of hydrogen-bond donors (Lipinski definition) is 3. The molecule has 5 nitrogen and oxygen atoms in total. The van der Waals surface area contributed by atoms with Crippen molar-refractivity contribution < 1.29 is 4.79 Å². The summed E-state index contributed by atoms with van der Waals surface area (Å²) in [7, 11) is 0. The topological polar surface area (TPSA) is 79.5 Å². The SMILES string of the molecule is CCSC(N)=Nc1ccc2c(c1)C(=O)Nc1ccccc1N2. The van der Waals surface area contributed by atoms with Gasteiger partial charge in [0.1, 0.15) is 0 Å². The Morgan fingerprint density at radius 2 is 1.86 bits per heavy atom. The summed E-state index contributed by atoms with van der Waals surface area (Å²) in [5.41, 5.74) is 9.42. The molecule has 3 rings (SSSR count). The molecule has 2 aromatic carbocycles. The third kappa shape index (κ3) is 2.92. The Bertz CT molecular complexity index is 758. The third-order valence-corrected chi connectivity index (χ3v) is 3.90. The third-order valence-electron chi connectivity index (χ3n) is 3.22. The lowest BCUT2D eigenvalue weighted by Crippen LogP contribution is -2.10. The lowest BCUT2D eigenvalue weighted by atomic mass is 10.1. The number of nitrogens with two attached hydrogens (primary N) is 1. The maximum absolute atomic E-state index is 12.4. The van der Waals surface area contributed by atoms with E-state index in [2.05, 4.69) is 15.6 Å². The Hall–Kier alpha value is -2.47. The predicted octanol–water partition coefficient (Wildman–Crippen LogP) is 3.70. The van der Waals surface area contributed by atoms with Crippen LogP contribution in [0.3, 0.4) is 0 Å². The van der Waals surface area contributed by atoms with E-state index in [-0.39, 0.29) is 5.91 Å². The van der Waals surface area contributed by atoms with Crippen molar-refractivity contribution in [2.75, 3.05) is 16.4 Å². The van der Waals surface area contributed by atoms with Crippen molar-refractivity contribution in [3.63, 3.8) is 0 Å². The van der Waals surface area contributed by atoms with Crippen LogP contribution in [0.25, 0.3) is 0 Å². The van der Waals surface area contributed by atoms with Crippen LogP contribution < -0.4 is 16.4 Å². The number of rotatable bonds is 2. The zero-order valence-electron chi connectivity index (χ0n) is 12.1. The number of carbonyl (C=O) groups is 1. The molecule has 0 radical (unpaired) electrons. The number of nitrogens with one attached hydrogen (secondary N) is 2. The van der Waals surface area contributed by atoms with Crippen molar-refractivity contribution in [2.24, 2.45) is 10.7 Å². The van der Waals surface area contributed by atoms with Gasteiger partial charge in [0.25, 0.3) is 5.91 Å². The maximum atomic E-state index is 12.4. The van der Waals surface area contributed by atoms with Gasteiger partial charge in [-0.25, -0.2) is 4.99 Å². The molecule has 0 unspecified atom stereocenters. The van der Waals surface area contributed by atoms with Crippen LogP contribution in [0, 0.1) is 0 Å². The van der Waals surface area contributed by atoms with E-state index in [1.165, 1.54) is 11.8 Å². The molecule has 0 aromatic heterocycles. The minimum atomic E-state index is -0.161. The molecule has 0 spiro atoms. The zero-order chi connectivity index (χ0) is 15.5. The van der Waals surface area contributed by atoms with Crippen LogP contribution in [0.4, 0.5) is 22.7 Å². The number of aliphatic imine (C=N–C) groups is 1. The molecule has 0 fully saturated rings. The van der Waals surface area contributed by atoms with E-state index in [1.54, 1.807) is 6.07 Å². The van der Waals surface area contributed by atoms with E-state index in [0.29, 0.717) is 16.4 Å². The standard InChI is InChI=1S/C16H16N4OS/c1-2-22-16(17)18-10-7-8-12-11(9-10)15(21)20-14-6-4-3-5-13(14)19-12/h3-9,19H,2H2,1H3,(H2,17,18)(H,20,21). The number of amides is 1. The number of anilines is 3. The number of para-hydroxylation sites is 2. The molecule has 112 valence electrons. The predicted molar refractivity (Wildman–Crippen MR) is 93.5 cm³/mol. The Kier molecular flexibility index (Phi) is 4.02. The van der Waals surface area contributed by atoms with Crippen molar-refractivity contribution in [3.8, 4) is 0 Å². The summed E-state index contributed by atoms with van der Waals surface area (Å²) in [4.78, 5) is 16.7. The first-order valence-electron chi connectivity index (χ1n) is 6.96. The average molecular weight is 312 g/mol. The second kappa shape index (κ2) is 6.11. The van der Waals surface area contributed by atoms with Crippen LogP contribution in [0.1, 0.15) is 17.3 Å². The second-order valence-electron chi connectivity index (χ2n) is 4.74. The van der Waals surface area contributed by atoms with Gasteiger partial charge in [0.05, 0.1) is 28.3 Å². The van der Waals surface area contributed by atoms with Gasteiger partial charge in [-0.1, -0.05) is 30.8 Å². The molecule has 1 heterocycles. The van der Waals surface area contributed by atoms with E-state index in [9.17, 15) is 4.79 Å². The number of hydrogen-bond acceptors (Lipinski definition) is 4. The van der Waals surface area contributed by atoms with Crippen molar-refractivity contribution in [3.05, 3.63) is 48.0 Å². The molecule has 1 amide bonds. The van der Waals surface area contributed by atoms with Crippen LogP contribution in [0.2, 0.25) is 0 Å². The van der Waals surface area contributed by atoms with Gasteiger partial charge in [-0.15, -0.1) is 0 Å². The summed E-state index contributed by atoms with van der Waals surface area (Å²) >= 11 is 1.47. The number of benzene rings is 2. The first kappa shape index (κ1) is 14.5. The number of carbonyl (C=O) groups excluding carboxylic acids is 1. The summed E-state index contributed by atoms with van der Waals surface area (Å²) in [6.45, 7) is 2.01. The van der Waals surface area contributed by atoms with Crippen molar-refractivity contribution in [1.29, 1.82) is 0 Å². The van der Waals surface area contributed by atoms with Crippen LogP contribution in [-0.4, -0.2) is 16.8 Å². The first-order chi connectivity index (χ1) is 10.7. The Balaban J connectivity index is 1.98. The van der Waals surface area contributed by atoms with E-state index in [1.807, 2.05) is 43.3 Å². The fourth-order valence-electron chi connectivity index (χ4n) is 2.24. The van der Waals surface area contributed by atoms with Crippen LogP contribution in [0.5, 0.6) is 0 Å². The molecule has 2 aromatic rings. The Morgan fingerprint density at radius 1 is 1.14 bits per heavy atom. The highest BCUT2D eigenvalue weighted by atomic mass is 32.2. The minimum absolute atomic E-state index is 0.161. The van der Waals surface area contributed by atoms with Gasteiger partial charge in [0.15, 0.2) is 5.17 Å². The van der Waals surface area contributed by atoms with Gasteiger partial charge in [-0.05, 0) is 36.1 Å². The normalized spacial score (nSPS) is 13.5. The molecular formula is C16H16N4OS. The molecular weight excluding hydrogens is 296 g/mol. The molecule has 0 saturated carbocycles. The minimum Gasteiger partial charge on any atom is -0.378 e. The number of nitrogens with zero attached hydrogens (tertiary/aromatic N) is 1. The van der Waals surface area contributed by atoms with Crippen LogP contribution in [0.15, 0.2) is 47.5 Å². The summed E-state index contributed by atoms with van der Waals surface area (Å²) < 4.78 is 0. The van der Waals surface area contributed by atoms with Gasteiger partial charge < -0.3 is 16.4 Å². The van der Waals surface area contributed by atoms with Gasteiger partial charge in [-0.2, -0.15) is 0 Å². The summed E-state index contributed by atoms with van der Waals surface area (Å²) in [6, 6.07) is 13.0. The molecule has 0 saturated heterocycles. The summed E-state index contributed by atoms with van der Waals surface area (Å²) in [5.74, 6) is 0.698. The fraction of sp³-hybridized carbons (Fsp3) is 0.125. The Labute approximate surface area is 133 Å². The highest BCUT2D eigenvalue weighted by Crippen LogP contribution is 2.33. The van der Waals surface area contributed by atoms with Crippen molar-refractivity contribution in [1.82, 2.24) is 0 Å². The smallest absolute Gasteiger partial charge is 0.257 e. The first-order valence-corrected chi connectivity index (χ1v) is 7.94. The lowest BCUT2D eigenvalue weighted by molar-refractivity contribution is 0.102. The highest BCUT2D eigenvalue weighted by Gasteiger charge is 2.18. The molecule has 22 heavy (non-hydrogen) atoms. The Morgan fingerprint density at radius 3 is 2.59 bits per heavy atom. The van der Waals surface area contributed by atoms with Crippen molar-refractivity contribution >= 4 is 45.6 Å². The van der Waals surface area contributed by atoms with Gasteiger partial charge in [-0.3, -0.25) is 4.79 Å². The van der Waals surface area contributed by atoms with E-state index < -0.39 is 0 Å². The molecule has 4 N–H and O–H groups in total. The summed E-state index contributed by atoms with van der Waals surface area (Å²) in [6.07, 6.45) is 0. The second-order valence-corrected chi connectivity index (χ2v) is 6.02. The van der Waals surface area contributed by atoms with Gasteiger partial charge >= 0.3 is 0 Å². The van der Waals surface area contributed by atoms with E-state index in [0.717, 1.165) is 22.8 Å². The zero-order valence-corrected chi connectivity index (χ0v) is 12.9. The van der Waals surface area contributed by atoms with Crippen LogP contribution in [-0.2, 0) is 0 Å².